The van der Waals surface area contributed by atoms with Crippen LogP contribution in [0.15, 0.2) is 30.5 Å². The van der Waals surface area contributed by atoms with E-state index < -0.39 is 0 Å². The maximum Gasteiger partial charge on any atom is 0.0761 e. The van der Waals surface area contributed by atoms with E-state index in [2.05, 4.69) is 16.4 Å². The number of rotatable bonds is 3. The zero-order valence-electron chi connectivity index (χ0n) is 11.5. The molecule has 0 saturated heterocycles. The van der Waals surface area contributed by atoms with Crippen LogP contribution in [0.5, 0.6) is 0 Å². The first-order valence-corrected chi connectivity index (χ1v) is 7.94. The first-order valence-electron chi connectivity index (χ1n) is 7.57. The van der Waals surface area contributed by atoms with E-state index in [1.807, 2.05) is 24.4 Å². The van der Waals surface area contributed by atoms with Crippen LogP contribution in [0, 0.1) is 11.8 Å². The molecule has 1 N–H and O–H groups in total. The molecule has 1 aromatic carbocycles. The summed E-state index contributed by atoms with van der Waals surface area (Å²) >= 11 is 6.25. The molecule has 0 aliphatic heterocycles. The molecular formula is C17H19ClN2. The third kappa shape index (κ3) is 2.11. The summed E-state index contributed by atoms with van der Waals surface area (Å²) in [5.74, 6) is 1.89. The molecule has 2 saturated carbocycles. The van der Waals surface area contributed by atoms with Crippen LogP contribution in [0.1, 0.15) is 31.2 Å². The SMILES string of the molecule is Clc1ccc(CNC2CC3CCC2C3)c2ncccc12. The summed E-state index contributed by atoms with van der Waals surface area (Å²) in [7, 11) is 0. The second-order valence-electron chi connectivity index (χ2n) is 6.27. The van der Waals surface area contributed by atoms with Crippen molar-refractivity contribution < 1.29 is 0 Å². The van der Waals surface area contributed by atoms with Gasteiger partial charge in [0.05, 0.1) is 5.52 Å². The Kier molecular flexibility index (Phi) is 3.16. The van der Waals surface area contributed by atoms with E-state index in [4.69, 9.17) is 11.6 Å². The van der Waals surface area contributed by atoms with Gasteiger partial charge in [-0.25, -0.2) is 0 Å². The smallest absolute Gasteiger partial charge is 0.0761 e. The number of fused-ring (bicyclic) bond motifs is 3. The van der Waals surface area contributed by atoms with Crippen LogP contribution in [0.4, 0.5) is 0 Å². The summed E-state index contributed by atoms with van der Waals surface area (Å²) in [5, 5.41) is 5.60. The van der Waals surface area contributed by atoms with Gasteiger partial charge in [-0.2, -0.15) is 0 Å². The predicted octanol–water partition coefficient (Wildman–Crippen LogP) is 4.17. The van der Waals surface area contributed by atoms with Crippen LogP contribution in [0.2, 0.25) is 5.02 Å². The molecule has 104 valence electrons. The van der Waals surface area contributed by atoms with Gasteiger partial charge in [-0.3, -0.25) is 4.98 Å². The normalized spacial score (nSPS) is 28.4. The zero-order chi connectivity index (χ0) is 13.5. The number of benzene rings is 1. The molecular weight excluding hydrogens is 268 g/mol. The van der Waals surface area contributed by atoms with Crippen LogP contribution in [0.25, 0.3) is 10.9 Å². The van der Waals surface area contributed by atoms with Crippen molar-refractivity contribution in [2.24, 2.45) is 11.8 Å². The van der Waals surface area contributed by atoms with E-state index >= 15 is 0 Å². The lowest BCUT2D eigenvalue weighted by Crippen LogP contribution is -2.33. The first-order chi connectivity index (χ1) is 9.81. The van der Waals surface area contributed by atoms with Crippen LogP contribution in [0.3, 0.4) is 0 Å². The number of aromatic nitrogens is 1. The standard InChI is InChI=1S/C17H19ClN2/c18-15-6-5-13(17-14(15)2-1-7-19-17)10-20-16-9-11-3-4-12(16)8-11/h1-2,5-7,11-12,16,20H,3-4,8-10H2. The molecule has 4 rings (SSSR count). The zero-order valence-corrected chi connectivity index (χ0v) is 12.2. The van der Waals surface area contributed by atoms with Crippen LogP contribution < -0.4 is 5.32 Å². The van der Waals surface area contributed by atoms with Crippen molar-refractivity contribution in [1.82, 2.24) is 10.3 Å². The molecule has 1 aromatic heterocycles. The van der Waals surface area contributed by atoms with E-state index in [1.54, 1.807) is 0 Å². The molecule has 3 atom stereocenters. The number of nitrogens with one attached hydrogen (secondary N) is 1. The van der Waals surface area contributed by atoms with E-state index in [0.29, 0.717) is 6.04 Å². The van der Waals surface area contributed by atoms with Gasteiger partial charge in [-0.05, 0) is 54.9 Å². The van der Waals surface area contributed by atoms with E-state index in [9.17, 15) is 0 Å². The van der Waals surface area contributed by atoms with E-state index in [0.717, 1.165) is 34.3 Å². The van der Waals surface area contributed by atoms with E-state index in [1.165, 1.54) is 31.2 Å². The summed E-state index contributed by atoms with van der Waals surface area (Å²) in [6.45, 7) is 0.901. The highest BCUT2D eigenvalue weighted by Gasteiger charge is 2.38. The van der Waals surface area contributed by atoms with Crippen molar-refractivity contribution in [3.05, 3.63) is 41.0 Å². The summed E-state index contributed by atoms with van der Waals surface area (Å²) in [4.78, 5) is 4.51. The molecule has 2 fully saturated rings. The minimum atomic E-state index is 0.711. The minimum Gasteiger partial charge on any atom is -0.310 e. The maximum atomic E-state index is 6.25. The molecule has 2 aromatic rings. The van der Waals surface area contributed by atoms with Gasteiger partial charge in [0.15, 0.2) is 0 Å². The van der Waals surface area contributed by atoms with Crippen molar-refractivity contribution in [2.75, 3.05) is 0 Å². The fraction of sp³-hybridized carbons (Fsp3) is 0.471. The number of halogens is 1. The topological polar surface area (TPSA) is 24.9 Å². The molecule has 2 aliphatic rings. The second-order valence-corrected chi connectivity index (χ2v) is 6.68. The largest absolute Gasteiger partial charge is 0.310 e. The van der Waals surface area contributed by atoms with Crippen molar-refractivity contribution >= 4 is 22.5 Å². The molecule has 20 heavy (non-hydrogen) atoms. The molecule has 2 bridgehead atoms. The Morgan fingerprint density at radius 3 is 2.95 bits per heavy atom. The van der Waals surface area contributed by atoms with Crippen LogP contribution >= 0.6 is 11.6 Å². The maximum absolute atomic E-state index is 6.25. The molecule has 2 aliphatic carbocycles. The van der Waals surface area contributed by atoms with Gasteiger partial charge in [-0.1, -0.05) is 24.1 Å². The predicted molar refractivity (Wildman–Crippen MR) is 82.8 cm³/mol. The van der Waals surface area contributed by atoms with Crippen molar-refractivity contribution in [1.29, 1.82) is 0 Å². The Bertz CT molecular complexity index is 640. The van der Waals surface area contributed by atoms with Gasteiger partial charge in [0.1, 0.15) is 0 Å². The Hall–Kier alpha value is -1.12. The summed E-state index contributed by atoms with van der Waals surface area (Å²) < 4.78 is 0. The summed E-state index contributed by atoms with van der Waals surface area (Å²) in [5.41, 5.74) is 2.29. The Labute approximate surface area is 124 Å². The highest BCUT2D eigenvalue weighted by molar-refractivity contribution is 6.35. The second kappa shape index (κ2) is 5.01. The number of hydrogen-bond acceptors (Lipinski definition) is 2. The lowest BCUT2D eigenvalue weighted by atomic mass is 9.95. The van der Waals surface area contributed by atoms with Crippen LogP contribution in [-0.2, 0) is 6.54 Å². The highest BCUT2D eigenvalue weighted by atomic mass is 35.5. The van der Waals surface area contributed by atoms with Crippen LogP contribution in [-0.4, -0.2) is 11.0 Å². The fourth-order valence-electron chi connectivity index (χ4n) is 4.07. The third-order valence-corrected chi connectivity index (χ3v) is 5.42. The van der Waals surface area contributed by atoms with Gasteiger partial charge in [0.25, 0.3) is 0 Å². The molecule has 3 heteroatoms. The molecule has 0 radical (unpaired) electrons. The van der Waals surface area contributed by atoms with Crippen molar-refractivity contribution in [2.45, 2.75) is 38.3 Å². The number of nitrogens with zero attached hydrogens (tertiary/aromatic N) is 1. The number of hydrogen-bond donors (Lipinski definition) is 1. The van der Waals surface area contributed by atoms with Gasteiger partial charge in [0, 0.05) is 29.2 Å². The highest BCUT2D eigenvalue weighted by Crippen LogP contribution is 2.44. The van der Waals surface area contributed by atoms with Crippen molar-refractivity contribution in [3.63, 3.8) is 0 Å². The average molecular weight is 287 g/mol. The Morgan fingerprint density at radius 1 is 1.20 bits per heavy atom. The van der Waals surface area contributed by atoms with Crippen molar-refractivity contribution in [3.8, 4) is 0 Å². The molecule has 3 unspecified atom stereocenters. The van der Waals surface area contributed by atoms with Gasteiger partial charge < -0.3 is 5.32 Å². The summed E-state index contributed by atoms with van der Waals surface area (Å²) in [6.07, 6.45) is 7.52. The monoisotopic (exact) mass is 286 g/mol. The molecule has 1 heterocycles. The summed E-state index contributed by atoms with van der Waals surface area (Å²) in [6, 6.07) is 8.80. The Balaban J connectivity index is 1.56. The lowest BCUT2D eigenvalue weighted by molar-refractivity contribution is 0.351. The first kappa shape index (κ1) is 12.6. The minimum absolute atomic E-state index is 0.711. The fourth-order valence-corrected chi connectivity index (χ4v) is 4.29. The molecule has 0 amide bonds. The lowest BCUT2D eigenvalue weighted by Gasteiger charge is -2.23. The third-order valence-electron chi connectivity index (χ3n) is 5.09. The molecule has 0 spiro atoms. The van der Waals surface area contributed by atoms with E-state index in [-0.39, 0.29) is 0 Å². The average Bonchev–Trinajstić information content (AvgIpc) is 3.09. The Morgan fingerprint density at radius 2 is 2.15 bits per heavy atom. The number of pyridine rings is 1. The van der Waals surface area contributed by atoms with Gasteiger partial charge >= 0.3 is 0 Å². The van der Waals surface area contributed by atoms with Gasteiger partial charge in [-0.15, -0.1) is 0 Å². The molecule has 2 nitrogen and oxygen atoms in total. The quantitative estimate of drug-likeness (QED) is 0.916. The van der Waals surface area contributed by atoms with Gasteiger partial charge in [0.2, 0.25) is 0 Å².